The molecule has 4 rings (SSSR count). The highest BCUT2D eigenvalue weighted by Gasteiger charge is 2.47. The second-order valence-electron chi connectivity index (χ2n) is 7.13. The predicted octanol–water partition coefficient (Wildman–Crippen LogP) is 4.47. The Labute approximate surface area is 184 Å². The summed E-state index contributed by atoms with van der Waals surface area (Å²) in [6.45, 7) is 0. The van der Waals surface area contributed by atoms with Crippen LogP contribution in [-0.2, 0) is 9.59 Å². The maximum absolute atomic E-state index is 13.5. The first-order chi connectivity index (χ1) is 15.5. The van der Waals surface area contributed by atoms with Gasteiger partial charge in [-0.2, -0.15) is 0 Å². The standard InChI is InChI=1S/C25H20FNO5/c1-31-19-13-8-16(14-20(19)32-2)22-21(23(28)15-6-4-3-5-7-15)24(29)25(30)27(22)18-11-9-17(26)10-12-18/h3-14,22,28H,1-2H3/b23-21+/t22-/m0/s1. The van der Waals surface area contributed by atoms with Crippen molar-refractivity contribution in [2.45, 2.75) is 6.04 Å². The molecule has 1 heterocycles. The smallest absolute Gasteiger partial charge is 0.300 e. The lowest BCUT2D eigenvalue weighted by atomic mass is 9.94. The van der Waals surface area contributed by atoms with Crippen molar-refractivity contribution in [2.24, 2.45) is 0 Å². The quantitative estimate of drug-likeness (QED) is 0.365. The van der Waals surface area contributed by atoms with Crippen LogP contribution in [0, 0.1) is 5.82 Å². The summed E-state index contributed by atoms with van der Waals surface area (Å²) in [7, 11) is 2.97. The minimum Gasteiger partial charge on any atom is -0.507 e. The van der Waals surface area contributed by atoms with Crippen molar-refractivity contribution in [2.75, 3.05) is 19.1 Å². The molecule has 0 bridgehead atoms. The van der Waals surface area contributed by atoms with E-state index in [4.69, 9.17) is 9.47 Å². The fourth-order valence-electron chi connectivity index (χ4n) is 3.79. The van der Waals surface area contributed by atoms with Gasteiger partial charge >= 0.3 is 0 Å². The number of amides is 1. The van der Waals surface area contributed by atoms with Crippen LogP contribution in [0.5, 0.6) is 11.5 Å². The summed E-state index contributed by atoms with van der Waals surface area (Å²) < 4.78 is 24.2. The zero-order valence-electron chi connectivity index (χ0n) is 17.4. The maximum atomic E-state index is 13.5. The summed E-state index contributed by atoms with van der Waals surface area (Å²) in [6.07, 6.45) is 0. The first kappa shape index (κ1) is 21.1. The number of hydrogen-bond acceptors (Lipinski definition) is 5. The normalized spacial score (nSPS) is 17.5. The van der Waals surface area contributed by atoms with Gasteiger partial charge in [-0.05, 0) is 42.0 Å². The number of ketones is 1. The maximum Gasteiger partial charge on any atom is 0.300 e. The highest BCUT2D eigenvalue weighted by molar-refractivity contribution is 6.51. The summed E-state index contributed by atoms with van der Waals surface area (Å²) in [6, 6.07) is 17.8. The number of carbonyl (C=O) groups excluding carboxylic acids is 2. The Kier molecular flexibility index (Phi) is 5.64. The molecule has 0 spiro atoms. The average molecular weight is 433 g/mol. The van der Waals surface area contributed by atoms with E-state index in [1.165, 1.54) is 43.4 Å². The summed E-state index contributed by atoms with van der Waals surface area (Å²) in [4.78, 5) is 27.4. The number of hydrogen-bond donors (Lipinski definition) is 1. The number of halogens is 1. The van der Waals surface area contributed by atoms with Gasteiger partial charge in [-0.15, -0.1) is 0 Å². The highest BCUT2D eigenvalue weighted by atomic mass is 19.1. The molecule has 0 unspecified atom stereocenters. The number of carbonyl (C=O) groups is 2. The molecule has 6 nitrogen and oxygen atoms in total. The monoisotopic (exact) mass is 433 g/mol. The van der Waals surface area contributed by atoms with E-state index < -0.39 is 23.5 Å². The molecule has 1 saturated heterocycles. The van der Waals surface area contributed by atoms with Gasteiger partial charge in [0.1, 0.15) is 11.6 Å². The Hall–Kier alpha value is -4.13. The number of nitrogens with zero attached hydrogens (tertiary/aromatic N) is 1. The van der Waals surface area contributed by atoms with Crippen LogP contribution in [0.2, 0.25) is 0 Å². The molecule has 1 amide bonds. The third-order valence-electron chi connectivity index (χ3n) is 5.32. The number of aliphatic hydroxyl groups is 1. The van der Waals surface area contributed by atoms with E-state index in [2.05, 4.69) is 0 Å². The van der Waals surface area contributed by atoms with Gasteiger partial charge in [-0.3, -0.25) is 14.5 Å². The molecule has 3 aromatic carbocycles. The van der Waals surface area contributed by atoms with E-state index in [0.29, 0.717) is 28.3 Å². The van der Waals surface area contributed by atoms with Crippen molar-refractivity contribution < 1.29 is 28.6 Å². The number of anilines is 1. The Morgan fingerprint density at radius 3 is 2.19 bits per heavy atom. The van der Waals surface area contributed by atoms with Gasteiger partial charge in [-0.25, -0.2) is 4.39 Å². The van der Waals surface area contributed by atoms with E-state index in [0.717, 1.165) is 0 Å². The number of methoxy groups -OCH3 is 2. The van der Waals surface area contributed by atoms with Crippen LogP contribution in [0.15, 0.2) is 78.4 Å². The summed E-state index contributed by atoms with van der Waals surface area (Å²) in [5.41, 5.74) is 1.16. The Morgan fingerprint density at radius 1 is 0.906 bits per heavy atom. The van der Waals surface area contributed by atoms with Gasteiger partial charge < -0.3 is 14.6 Å². The van der Waals surface area contributed by atoms with Crippen molar-refractivity contribution >= 4 is 23.1 Å². The molecule has 0 saturated carbocycles. The zero-order chi connectivity index (χ0) is 22.8. The third kappa shape index (κ3) is 3.58. The molecule has 1 N–H and O–H groups in total. The van der Waals surface area contributed by atoms with Crippen LogP contribution in [-0.4, -0.2) is 31.0 Å². The molecule has 0 aliphatic carbocycles. The molecule has 162 valence electrons. The molecular formula is C25H20FNO5. The number of aliphatic hydroxyl groups excluding tert-OH is 1. The number of ether oxygens (including phenoxy) is 2. The summed E-state index contributed by atoms with van der Waals surface area (Å²) in [5, 5.41) is 11.0. The molecule has 7 heteroatoms. The van der Waals surface area contributed by atoms with Crippen LogP contribution in [0.3, 0.4) is 0 Å². The van der Waals surface area contributed by atoms with E-state index in [9.17, 15) is 19.1 Å². The van der Waals surface area contributed by atoms with Crippen molar-refractivity contribution in [3.8, 4) is 11.5 Å². The highest BCUT2D eigenvalue weighted by Crippen LogP contribution is 2.44. The zero-order valence-corrected chi connectivity index (χ0v) is 17.4. The first-order valence-corrected chi connectivity index (χ1v) is 9.80. The minimum absolute atomic E-state index is 0.0715. The van der Waals surface area contributed by atoms with Crippen LogP contribution >= 0.6 is 0 Å². The first-order valence-electron chi connectivity index (χ1n) is 9.80. The Morgan fingerprint density at radius 2 is 1.56 bits per heavy atom. The van der Waals surface area contributed by atoms with Gasteiger partial charge in [0.2, 0.25) is 0 Å². The second kappa shape index (κ2) is 8.55. The minimum atomic E-state index is -0.958. The molecular weight excluding hydrogens is 413 g/mol. The van der Waals surface area contributed by atoms with Gasteiger partial charge in [-0.1, -0.05) is 36.4 Å². The fourth-order valence-corrected chi connectivity index (χ4v) is 3.79. The van der Waals surface area contributed by atoms with Gasteiger partial charge in [0.25, 0.3) is 11.7 Å². The third-order valence-corrected chi connectivity index (χ3v) is 5.32. The topological polar surface area (TPSA) is 76.1 Å². The van der Waals surface area contributed by atoms with E-state index in [1.807, 2.05) is 0 Å². The lowest BCUT2D eigenvalue weighted by molar-refractivity contribution is -0.132. The number of Topliss-reactive ketones (excluding diaryl/α,β-unsaturated/α-hetero) is 1. The van der Waals surface area contributed by atoms with Crippen molar-refractivity contribution in [1.29, 1.82) is 0 Å². The molecule has 3 aromatic rings. The molecule has 32 heavy (non-hydrogen) atoms. The predicted molar refractivity (Wildman–Crippen MR) is 117 cm³/mol. The fraction of sp³-hybridized carbons (Fsp3) is 0.120. The Bertz CT molecular complexity index is 1200. The molecule has 1 atom stereocenters. The lowest BCUT2D eigenvalue weighted by Crippen LogP contribution is -2.29. The van der Waals surface area contributed by atoms with E-state index >= 15 is 0 Å². The van der Waals surface area contributed by atoms with E-state index in [1.54, 1.807) is 48.5 Å². The summed E-state index contributed by atoms with van der Waals surface area (Å²) in [5.74, 6) is -1.57. The van der Waals surface area contributed by atoms with Gasteiger partial charge in [0, 0.05) is 11.3 Å². The van der Waals surface area contributed by atoms with Gasteiger partial charge in [0.05, 0.1) is 25.8 Å². The van der Waals surface area contributed by atoms with Crippen molar-refractivity contribution in [3.05, 3.63) is 95.3 Å². The van der Waals surface area contributed by atoms with Gasteiger partial charge in [0.15, 0.2) is 11.5 Å². The van der Waals surface area contributed by atoms with Crippen LogP contribution in [0.25, 0.3) is 5.76 Å². The van der Waals surface area contributed by atoms with E-state index in [-0.39, 0.29) is 11.3 Å². The van der Waals surface area contributed by atoms with Crippen LogP contribution < -0.4 is 14.4 Å². The number of benzene rings is 3. The van der Waals surface area contributed by atoms with Crippen LogP contribution in [0.1, 0.15) is 17.2 Å². The second-order valence-corrected chi connectivity index (χ2v) is 7.13. The lowest BCUT2D eigenvalue weighted by Gasteiger charge is -2.26. The molecule has 1 fully saturated rings. The van der Waals surface area contributed by atoms with Crippen LogP contribution in [0.4, 0.5) is 10.1 Å². The van der Waals surface area contributed by atoms with Crippen molar-refractivity contribution in [3.63, 3.8) is 0 Å². The molecule has 1 aliphatic rings. The Balaban J connectivity index is 1.96. The van der Waals surface area contributed by atoms with Crippen molar-refractivity contribution in [1.82, 2.24) is 0 Å². The molecule has 0 aromatic heterocycles. The molecule has 0 radical (unpaired) electrons. The number of rotatable bonds is 5. The SMILES string of the molecule is COc1ccc([C@H]2/C(=C(\O)c3ccccc3)C(=O)C(=O)N2c2ccc(F)cc2)cc1OC. The largest absolute Gasteiger partial charge is 0.507 e. The molecule has 1 aliphatic heterocycles. The summed E-state index contributed by atoms with van der Waals surface area (Å²) >= 11 is 0. The average Bonchev–Trinajstić information content (AvgIpc) is 3.09.